The van der Waals surface area contributed by atoms with E-state index in [1.54, 1.807) is 36.5 Å². The summed E-state index contributed by atoms with van der Waals surface area (Å²) < 4.78 is 81.8. The first-order valence-electron chi connectivity index (χ1n) is 15.2. The Bertz CT molecular complexity index is 1860. The fourth-order valence-electron chi connectivity index (χ4n) is 5.24. The van der Waals surface area contributed by atoms with E-state index in [-0.39, 0.29) is 0 Å². The highest BCUT2D eigenvalue weighted by atomic mass is 19.2. The minimum absolute atomic E-state index is 0.400. The van der Waals surface area contributed by atoms with Crippen LogP contribution in [0.2, 0.25) is 0 Å². The lowest BCUT2D eigenvalue weighted by Gasteiger charge is -2.26. The summed E-state index contributed by atoms with van der Waals surface area (Å²) in [4.78, 5) is 2.03. The Labute approximate surface area is 280 Å². The van der Waals surface area contributed by atoms with Crippen molar-refractivity contribution in [2.75, 3.05) is 4.90 Å². The van der Waals surface area contributed by atoms with E-state index in [2.05, 4.69) is 0 Å². The third kappa shape index (κ3) is 8.84. The summed E-state index contributed by atoms with van der Waals surface area (Å²) in [5, 5.41) is 0. The lowest BCUT2D eigenvalue weighted by Crippen LogP contribution is -2.09. The summed E-state index contributed by atoms with van der Waals surface area (Å²) in [6, 6.07) is 32.8. The zero-order valence-electron chi connectivity index (χ0n) is 25.8. The number of anilines is 3. The van der Waals surface area contributed by atoms with Gasteiger partial charge in [-0.25, -0.2) is 26.3 Å². The molecule has 0 saturated heterocycles. The van der Waals surface area contributed by atoms with E-state index in [0.717, 1.165) is 52.0 Å². The number of benzene rings is 6. The lowest BCUT2D eigenvalue weighted by atomic mass is 10.1. The molecule has 0 radical (unpaired) electrons. The van der Waals surface area contributed by atoms with Crippen LogP contribution in [-0.2, 0) is 0 Å². The maximum Gasteiger partial charge on any atom is 0.126 e. The molecule has 0 fully saturated rings. The van der Waals surface area contributed by atoms with Gasteiger partial charge in [0, 0.05) is 35.3 Å². The van der Waals surface area contributed by atoms with Crippen molar-refractivity contribution in [3.63, 3.8) is 0 Å². The first-order chi connectivity index (χ1) is 23.7. The Morgan fingerprint density at radius 1 is 0.265 bits per heavy atom. The second-order valence-electron chi connectivity index (χ2n) is 11.2. The third-order valence-corrected chi connectivity index (χ3v) is 7.51. The highest BCUT2D eigenvalue weighted by molar-refractivity contribution is 5.80. The van der Waals surface area contributed by atoms with Crippen molar-refractivity contribution in [2.24, 2.45) is 0 Å². The van der Waals surface area contributed by atoms with Crippen LogP contribution in [0.4, 0.5) is 43.4 Å². The van der Waals surface area contributed by atoms with Crippen molar-refractivity contribution in [3.05, 3.63) is 196 Å². The summed E-state index contributed by atoms with van der Waals surface area (Å²) >= 11 is 0. The predicted octanol–water partition coefficient (Wildman–Crippen LogP) is 12.5. The molecule has 6 rings (SSSR count). The molecule has 0 aliphatic carbocycles. The average Bonchev–Trinajstić information content (AvgIpc) is 3.06. The number of rotatable bonds is 9. The second kappa shape index (κ2) is 14.8. The molecular weight excluding hydrogens is 632 g/mol. The molecule has 0 unspecified atom stereocenters. The van der Waals surface area contributed by atoms with Gasteiger partial charge in [0.25, 0.3) is 0 Å². The highest BCUT2D eigenvalue weighted by Gasteiger charge is 2.13. The molecule has 7 heteroatoms. The summed E-state index contributed by atoms with van der Waals surface area (Å²) in [6.45, 7) is 0. The SMILES string of the molecule is Fc1cc(F)cc(/C=C/c2ccc(N(c3ccc(/C=C/c4cc(F)cc(F)c4)cc3)c3ccc(/C=C/c4cc(F)cc(F)c4)cc3)cc2)c1. The Morgan fingerprint density at radius 3 is 0.694 bits per heavy atom. The van der Waals surface area contributed by atoms with Crippen LogP contribution in [0.5, 0.6) is 0 Å². The molecule has 49 heavy (non-hydrogen) atoms. The van der Waals surface area contributed by atoms with E-state index in [9.17, 15) is 26.3 Å². The molecule has 0 amide bonds. The number of hydrogen-bond acceptors (Lipinski definition) is 1. The summed E-state index contributed by atoms with van der Waals surface area (Å²) in [5.74, 6) is -3.92. The Balaban J connectivity index is 1.28. The van der Waals surface area contributed by atoms with Crippen LogP contribution in [0.1, 0.15) is 33.4 Å². The molecule has 0 aliphatic rings. The van der Waals surface area contributed by atoms with E-state index in [1.807, 2.05) is 77.7 Å². The molecule has 0 bridgehead atoms. The highest BCUT2D eigenvalue weighted by Crippen LogP contribution is 2.35. The smallest absolute Gasteiger partial charge is 0.126 e. The van der Waals surface area contributed by atoms with Crippen molar-refractivity contribution in [3.8, 4) is 0 Å². The van der Waals surface area contributed by atoms with Crippen molar-refractivity contribution >= 4 is 53.5 Å². The monoisotopic (exact) mass is 659 g/mol. The Morgan fingerprint density at radius 2 is 0.469 bits per heavy atom. The Hall–Kier alpha value is -6.08. The molecule has 6 aromatic carbocycles. The first-order valence-corrected chi connectivity index (χ1v) is 15.2. The van der Waals surface area contributed by atoms with Crippen molar-refractivity contribution in [1.82, 2.24) is 0 Å². The average molecular weight is 660 g/mol. The standard InChI is InChI=1S/C42H27F6N/c43-34-19-31(20-35(44)25-34)4-1-28-7-13-40(14-8-28)49(41-15-9-29(10-16-41)2-5-32-21-36(45)26-37(46)22-32)42-17-11-30(12-18-42)3-6-33-23-38(47)27-39(48)24-33/h1-27H/b4-1+,5-2+,6-3+. The zero-order chi connectivity index (χ0) is 34.3. The van der Waals surface area contributed by atoms with Gasteiger partial charge in [-0.2, -0.15) is 0 Å². The van der Waals surface area contributed by atoms with Gasteiger partial charge in [-0.15, -0.1) is 0 Å². The summed E-state index contributed by atoms with van der Waals surface area (Å²) in [5.41, 5.74) is 6.12. The fraction of sp³-hybridized carbons (Fsp3) is 0. The van der Waals surface area contributed by atoms with Gasteiger partial charge in [0.1, 0.15) is 34.9 Å². The molecule has 0 heterocycles. The minimum Gasteiger partial charge on any atom is -0.311 e. The molecule has 0 atom stereocenters. The van der Waals surface area contributed by atoms with Gasteiger partial charge in [0.05, 0.1) is 0 Å². The van der Waals surface area contributed by atoms with Crippen LogP contribution in [0.15, 0.2) is 127 Å². The minimum atomic E-state index is -0.653. The van der Waals surface area contributed by atoms with Gasteiger partial charge >= 0.3 is 0 Å². The maximum absolute atomic E-state index is 13.6. The largest absolute Gasteiger partial charge is 0.311 e. The summed E-state index contributed by atoms with van der Waals surface area (Å²) in [7, 11) is 0. The van der Waals surface area contributed by atoms with Crippen molar-refractivity contribution in [1.29, 1.82) is 0 Å². The number of nitrogens with zero attached hydrogens (tertiary/aromatic N) is 1. The third-order valence-electron chi connectivity index (χ3n) is 7.51. The molecule has 0 spiro atoms. The van der Waals surface area contributed by atoms with E-state index < -0.39 is 34.9 Å². The summed E-state index contributed by atoms with van der Waals surface area (Å²) in [6.07, 6.45) is 10.2. The van der Waals surface area contributed by atoms with Crippen LogP contribution in [0.3, 0.4) is 0 Å². The molecular formula is C42H27F6N. The molecule has 0 aliphatic heterocycles. The molecule has 6 aromatic rings. The fourth-order valence-corrected chi connectivity index (χ4v) is 5.24. The van der Waals surface area contributed by atoms with E-state index >= 15 is 0 Å². The molecule has 242 valence electrons. The Kier molecular flexibility index (Phi) is 9.91. The van der Waals surface area contributed by atoms with Crippen LogP contribution >= 0.6 is 0 Å². The van der Waals surface area contributed by atoms with Crippen LogP contribution < -0.4 is 4.90 Å². The van der Waals surface area contributed by atoms with Crippen molar-refractivity contribution < 1.29 is 26.3 Å². The maximum atomic E-state index is 13.6. The van der Waals surface area contributed by atoms with E-state index in [0.29, 0.717) is 16.7 Å². The predicted molar refractivity (Wildman–Crippen MR) is 187 cm³/mol. The van der Waals surface area contributed by atoms with Gasteiger partial charge < -0.3 is 4.90 Å². The van der Waals surface area contributed by atoms with Gasteiger partial charge in [-0.05, 0) is 106 Å². The second-order valence-corrected chi connectivity index (χ2v) is 11.2. The molecule has 1 nitrogen and oxygen atoms in total. The number of halogens is 6. The molecule has 0 N–H and O–H groups in total. The first kappa shape index (κ1) is 32.8. The lowest BCUT2D eigenvalue weighted by molar-refractivity contribution is 0.582. The molecule has 0 aromatic heterocycles. The molecule has 0 saturated carbocycles. The number of hydrogen-bond donors (Lipinski definition) is 0. The van der Waals surface area contributed by atoms with Gasteiger partial charge in [0.15, 0.2) is 0 Å². The van der Waals surface area contributed by atoms with Crippen LogP contribution in [-0.4, -0.2) is 0 Å². The van der Waals surface area contributed by atoms with Crippen molar-refractivity contribution in [2.45, 2.75) is 0 Å². The zero-order valence-corrected chi connectivity index (χ0v) is 25.8. The van der Waals surface area contributed by atoms with Gasteiger partial charge in [-0.1, -0.05) is 72.9 Å². The van der Waals surface area contributed by atoms with Crippen LogP contribution in [0.25, 0.3) is 36.5 Å². The quantitative estimate of drug-likeness (QED) is 0.110. The van der Waals surface area contributed by atoms with E-state index in [1.165, 1.54) is 36.4 Å². The van der Waals surface area contributed by atoms with E-state index in [4.69, 9.17) is 0 Å². The normalized spacial score (nSPS) is 11.6. The topological polar surface area (TPSA) is 3.24 Å². The van der Waals surface area contributed by atoms with Gasteiger partial charge in [0.2, 0.25) is 0 Å². The van der Waals surface area contributed by atoms with Crippen LogP contribution in [0, 0.1) is 34.9 Å². The van der Waals surface area contributed by atoms with Gasteiger partial charge in [-0.3, -0.25) is 0 Å².